The molecule has 0 saturated heterocycles. The van der Waals surface area contributed by atoms with E-state index >= 15 is 0 Å². The smallest absolute Gasteiger partial charge is 0.418 e. The Hall–Kier alpha value is -2.18. The topological polar surface area (TPSA) is 53.1 Å². The lowest BCUT2D eigenvalue weighted by molar-refractivity contribution is -0.137. The summed E-state index contributed by atoms with van der Waals surface area (Å²) in [5.41, 5.74) is -0.0371. The summed E-state index contributed by atoms with van der Waals surface area (Å²) in [6, 6.07) is 8.20. The predicted octanol–water partition coefficient (Wildman–Crippen LogP) is 5.79. The molecule has 1 heterocycles. The van der Waals surface area contributed by atoms with Crippen molar-refractivity contribution in [3.8, 4) is 11.3 Å². The molecule has 0 unspecified atom stereocenters. The highest BCUT2D eigenvalue weighted by atomic mass is 35.5. The van der Waals surface area contributed by atoms with Crippen molar-refractivity contribution in [1.82, 2.24) is 4.98 Å². The number of para-hydroxylation sites is 1. The zero-order valence-corrected chi connectivity index (χ0v) is 13.9. The molecule has 25 heavy (non-hydrogen) atoms. The van der Waals surface area contributed by atoms with Crippen LogP contribution in [0.5, 0.6) is 0 Å². The molecule has 0 fully saturated rings. The van der Waals surface area contributed by atoms with E-state index in [1.54, 1.807) is 6.07 Å². The molecule has 3 nitrogen and oxygen atoms in total. The lowest BCUT2D eigenvalue weighted by atomic mass is 10.0. The summed E-state index contributed by atoms with van der Waals surface area (Å²) in [4.78, 5) is 13.9. The fraction of sp³-hybridized carbons (Fsp3) is 0.118. The first-order valence-corrected chi connectivity index (χ1v) is 7.82. The van der Waals surface area contributed by atoms with Crippen molar-refractivity contribution < 1.29 is 23.1 Å². The molecule has 3 rings (SSSR count). The number of alkyl halides is 3. The first-order chi connectivity index (χ1) is 11.7. The SMILES string of the molecule is O=C(O)Cc1c(-c2ccc(Cl)c(Cl)c2)[nH]c2c(C(F)(F)F)cccc12. The van der Waals surface area contributed by atoms with Crippen molar-refractivity contribution in [2.75, 3.05) is 0 Å². The van der Waals surface area contributed by atoms with Gasteiger partial charge in [0.15, 0.2) is 0 Å². The standard InChI is InChI=1S/C17H10Cl2F3NO2/c18-12-5-4-8(6-13(12)19)15-10(7-14(24)25)9-2-1-3-11(16(9)23-15)17(20,21)22/h1-6,23H,7H2,(H,24,25). The predicted molar refractivity (Wildman–Crippen MR) is 90.1 cm³/mol. The van der Waals surface area contributed by atoms with Crippen LogP contribution in [0.2, 0.25) is 10.0 Å². The summed E-state index contributed by atoms with van der Waals surface area (Å²) in [7, 11) is 0. The molecule has 1 aromatic heterocycles. The van der Waals surface area contributed by atoms with Crippen LogP contribution in [0.3, 0.4) is 0 Å². The molecular weight excluding hydrogens is 378 g/mol. The van der Waals surface area contributed by atoms with Gasteiger partial charge in [-0.25, -0.2) is 0 Å². The third-order valence-corrected chi connectivity index (χ3v) is 4.52. The van der Waals surface area contributed by atoms with Crippen LogP contribution in [0.4, 0.5) is 13.2 Å². The second-order valence-corrected chi connectivity index (χ2v) is 6.22. The fourth-order valence-electron chi connectivity index (χ4n) is 2.74. The third-order valence-electron chi connectivity index (χ3n) is 3.78. The van der Waals surface area contributed by atoms with Crippen molar-refractivity contribution >= 4 is 40.1 Å². The van der Waals surface area contributed by atoms with E-state index in [9.17, 15) is 18.0 Å². The summed E-state index contributed by atoms with van der Waals surface area (Å²) in [5.74, 6) is -1.15. The maximum atomic E-state index is 13.3. The molecule has 0 amide bonds. The minimum absolute atomic E-state index is 0.160. The van der Waals surface area contributed by atoms with Crippen molar-refractivity contribution in [3.63, 3.8) is 0 Å². The number of halogens is 5. The minimum Gasteiger partial charge on any atom is -0.481 e. The van der Waals surface area contributed by atoms with Gasteiger partial charge in [-0.1, -0.05) is 41.4 Å². The number of hydrogen-bond donors (Lipinski definition) is 2. The molecule has 0 atom stereocenters. The Kier molecular flexibility index (Phi) is 4.43. The van der Waals surface area contributed by atoms with Gasteiger partial charge in [0.2, 0.25) is 0 Å². The van der Waals surface area contributed by atoms with Gasteiger partial charge in [-0.2, -0.15) is 13.2 Å². The number of carboxylic acid groups (broad SMARTS) is 1. The Morgan fingerprint density at radius 3 is 2.44 bits per heavy atom. The Labute approximate surface area is 150 Å². The Balaban J connectivity index is 2.33. The largest absolute Gasteiger partial charge is 0.481 e. The van der Waals surface area contributed by atoms with Crippen molar-refractivity contribution in [2.24, 2.45) is 0 Å². The average molecular weight is 388 g/mol. The zero-order chi connectivity index (χ0) is 18.4. The normalized spacial score (nSPS) is 11.9. The van der Waals surface area contributed by atoms with Crippen LogP contribution >= 0.6 is 23.2 Å². The lowest BCUT2D eigenvalue weighted by Gasteiger charge is -2.07. The van der Waals surface area contributed by atoms with Crippen LogP contribution in [-0.4, -0.2) is 16.1 Å². The van der Waals surface area contributed by atoms with E-state index in [1.165, 1.54) is 24.3 Å². The van der Waals surface area contributed by atoms with E-state index in [1.807, 2.05) is 0 Å². The molecule has 0 aliphatic rings. The molecule has 0 radical (unpaired) electrons. The van der Waals surface area contributed by atoms with Gasteiger partial charge in [-0.15, -0.1) is 0 Å². The summed E-state index contributed by atoms with van der Waals surface area (Å²) >= 11 is 11.9. The number of aromatic nitrogens is 1. The molecule has 2 N–H and O–H groups in total. The number of benzene rings is 2. The number of carboxylic acids is 1. The van der Waals surface area contributed by atoms with Crippen molar-refractivity contribution in [1.29, 1.82) is 0 Å². The van der Waals surface area contributed by atoms with E-state index < -0.39 is 24.1 Å². The monoisotopic (exact) mass is 387 g/mol. The number of aromatic amines is 1. The van der Waals surface area contributed by atoms with E-state index in [2.05, 4.69) is 4.98 Å². The molecule has 130 valence electrons. The van der Waals surface area contributed by atoms with Crippen LogP contribution in [0, 0.1) is 0 Å². The van der Waals surface area contributed by atoms with Gasteiger partial charge in [0.05, 0.1) is 33.2 Å². The van der Waals surface area contributed by atoms with Crippen molar-refractivity contribution in [3.05, 3.63) is 57.6 Å². The van der Waals surface area contributed by atoms with E-state index in [4.69, 9.17) is 28.3 Å². The number of hydrogen-bond acceptors (Lipinski definition) is 1. The van der Waals surface area contributed by atoms with Gasteiger partial charge in [-0.05, 0) is 29.3 Å². The minimum atomic E-state index is -4.57. The zero-order valence-electron chi connectivity index (χ0n) is 12.4. The molecular formula is C17H10Cl2F3NO2. The van der Waals surface area contributed by atoms with Gasteiger partial charge < -0.3 is 10.1 Å². The highest BCUT2D eigenvalue weighted by molar-refractivity contribution is 6.42. The first-order valence-electron chi connectivity index (χ1n) is 7.06. The van der Waals surface area contributed by atoms with E-state index in [0.717, 1.165) is 6.07 Å². The van der Waals surface area contributed by atoms with Gasteiger partial charge >= 0.3 is 12.1 Å². The summed E-state index contributed by atoms with van der Waals surface area (Å²) in [6.45, 7) is 0. The number of aliphatic carboxylic acids is 1. The fourth-order valence-corrected chi connectivity index (χ4v) is 3.04. The Morgan fingerprint density at radius 1 is 1.12 bits per heavy atom. The van der Waals surface area contributed by atoms with Gasteiger partial charge in [0, 0.05) is 5.39 Å². The van der Waals surface area contributed by atoms with Crippen LogP contribution in [0.1, 0.15) is 11.1 Å². The Bertz CT molecular complexity index is 980. The number of carbonyl (C=O) groups is 1. The second-order valence-electron chi connectivity index (χ2n) is 5.40. The molecule has 8 heteroatoms. The van der Waals surface area contributed by atoms with Crippen LogP contribution in [-0.2, 0) is 17.4 Å². The summed E-state index contributed by atoms with van der Waals surface area (Å²) in [5, 5.41) is 9.87. The average Bonchev–Trinajstić information content (AvgIpc) is 2.87. The molecule has 0 bridgehead atoms. The number of nitrogens with one attached hydrogen (secondary N) is 1. The van der Waals surface area contributed by atoms with Gasteiger partial charge in [-0.3, -0.25) is 4.79 Å². The van der Waals surface area contributed by atoms with Crippen LogP contribution in [0.25, 0.3) is 22.2 Å². The maximum Gasteiger partial charge on any atom is 0.418 e. The number of H-pyrrole nitrogens is 1. The summed E-state index contributed by atoms with van der Waals surface area (Å²) in [6.07, 6.45) is -5.00. The lowest BCUT2D eigenvalue weighted by Crippen LogP contribution is -2.05. The van der Waals surface area contributed by atoms with Crippen LogP contribution < -0.4 is 0 Å². The first kappa shape index (κ1) is 17.6. The maximum absolute atomic E-state index is 13.3. The molecule has 0 saturated carbocycles. The Morgan fingerprint density at radius 2 is 1.84 bits per heavy atom. The number of fused-ring (bicyclic) bond motifs is 1. The van der Waals surface area contributed by atoms with Gasteiger partial charge in [0.1, 0.15) is 0 Å². The van der Waals surface area contributed by atoms with Gasteiger partial charge in [0.25, 0.3) is 0 Å². The molecule has 0 spiro atoms. The molecule has 2 aromatic carbocycles. The quantitative estimate of drug-likeness (QED) is 0.597. The second kappa shape index (κ2) is 6.28. The third kappa shape index (κ3) is 3.32. The highest BCUT2D eigenvalue weighted by Crippen LogP contribution is 2.39. The molecule has 0 aliphatic carbocycles. The molecule has 3 aromatic rings. The van der Waals surface area contributed by atoms with E-state index in [0.29, 0.717) is 5.56 Å². The van der Waals surface area contributed by atoms with Crippen molar-refractivity contribution in [2.45, 2.75) is 12.6 Å². The number of rotatable bonds is 3. The molecule has 0 aliphatic heterocycles. The van der Waals surface area contributed by atoms with E-state index in [-0.39, 0.29) is 32.2 Å². The summed E-state index contributed by atoms with van der Waals surface area (Å²) < 4.78 is 39.8. The highest BCUT2D eigenvalue weighted by Gasteiger charge is 2.34. The van der Waals surface area contributed by atoms with Crippen LogP contribution in [0.15, 0.2) is 36.4 Å².